The Hall–Kier alpha value is -2.25. The summed E-state index contributed by atoms with van der Waals surface area (Å²) in [5.74, 6) is 0.108. The lowest BCUT2D eigenvalue weighted by molar-refractivity contribution is -0.131. The number of likely N-dealkylation sites (tertiary alicyclic amines) is 1. The smallest absolute Gasteiger partial charge is 0.223 e. The van der Waals surface area contributed by atoms with E-state index in [0.29, 0.717) is 38.9 Å². The van der Waals surface area contributed by atoms with Crippen LogP contribution < -0.4 is 0 Å². The standard InChI is InChI=1S/C20H23N3O3S/c24-19-6-9-20(23(19)14-17-7-11-21-12-8-17)10-13-22(16-20)27(25,26)15-18-4-2-1-3-5-18/h1-5,7-8,11-12H,6,9-10,13-16H2. The zero-order chi connectivity index (χ0) is 18.9. The Morgan fingerprint density at radius 1 is 1.00 bits per heavy atom. The van der Waals surface area contributed by atoms with Crippen molar-refractivity contribution in [2.45, 2.75) is 37.1 Å². The van der Waals surface area contributed by atoms with Crippen molar-refractivity contribution in [3.8, 4) is 0 Å². The minimum atomic E-state index is -3.40. The maximum atomic E-state index is 12.9. The number of benzene rings is 1. The molecule has 2 fully saturated rings. The number of aromatic nitrogens is 1. The van der Waals surface area contributed by atoms with Crippen LogP contribution in [0.4, 0.5) is 0 Å². The predicted molar refractivity (Wildman–Crippen MR) is 102 cm³/mol. The quantitative estimate of drug-likeness (QED) is 0.791. The summed E-state index contributed by atoms with van der Waals surface area (Å²) in [6, 6.07) is 13.0. The van der Waals surface area contributed by atoms with Gasteiger partial charge in [0.1, 0.15) is 0 Å². The molecule has 27 heavy (non-hydrogen) atoms. The highest BCUT2D eigenvalue weighted by atomic mass is 32.2. The van der Waals surface area contributed by atoms with Gasteiger partial charge in [-0.3, -0.25) is 9.78 Å². The van der Waals surface area contributed by atoms with Gasteiger partial charge in [0.05, 0.1) is 11.3 Å². The van der Waals surface area contributed by atoms with Gasteiger partial charge in [-0.2, -0.15) is 4.31 Å². The second-order valence-corrected chi connectivity index (χ2v) is 9.35. The number of carbonyl (C=O) groups is 1. The van der Waals surface area contributed by atoms with Gasteiger partial charge in [-0.1, -0.05) is 30.3 Å². The van der Waals surface area contributed by atoms with Gasteiger partial charge >= 0.3 is 0 Å². The number of amides is 1. The van der Waals surface area contributed by atoms with Crippen LogP contribution in [0.3, 0.4) is 0 Å². The molecule has 1 spiro atoms. The number of pyridine rings is 1. The van der Waals surface area contributed by atoms with Crippen LogP contribution in [0.5, 0.6) is 0 Å². The minimum absolute atomic E-state index is 0.00220. The first-order valence-corrected chi connectivity index (χ1v) is 10.8. The van der Waals surface area contributed by atoms with Crippen LogP contribution >= 0.6 is 0 Å². The molecule has 1 amide bonds. The lowest BCUT2D eigenvalue weighted by Crippen LogP contribution is -2.48. The van der Waals surface area contributed by atoms with Crippen LogP contribution in [-0.2, 0) is 27.1 Å². The molecule has 1 atom stereocenters. The number of hydrogen-bond donors (Lipinski definition) is 0. The van der Waals surface area contributed by atoms with Gasteiger partial charge in [-0.05, 0) is 36.1 Å². The van der Waals surface area contributed by atoms with E-state index in [4.69, 9.17) is 0 Å². The Kier molecular flexibility index (Phi) is 4.74. The number of rotatable bonds is 5. The summed E-state index contributed by atoms with van der Waals surface area (Å²) >= 11 is 0. The van der Waals surface area contributed by atoms with E-state index in [-0.39, 0.29) is 17.2 Å². The molecule has 1 unspecified atom stereocenters. The van der Waals surface area contributed by atoms with Gasteiger partial charge in [0.2, 0.25) is 15.9 Å². The number of nitrogens with zero attached hydrogens (tertiary/aromatic N) is 3. The van der Waals surface area contributed by atoms with Crippen molar-refractivity contribution in [2.75, 3.05) is 13.1 Å². The molecule has 0 N–H and O–H groups in total. The molecule has 7 heteroatoms. The molecule has 3 heterocycles. The van der Waals surface area contributed by atoms with E-state index in [9.17, 15) is 13.2 Å². The minimum Gasteiger partial charge on any atom is -0.331 e. The van der Waals surface area contributed by atoms with Gasteiger partial charge in [0.15, 0.2) is 0 Å². The number of hydrogen-bond acceptors (Lipinski definition) is 4. The average molecular weight is 385 g/mol. The lowest BCUT2D eigenvalue weighted by atomic mass is 9.95. The Labute approximate surface area is 159 Å². The molecule has 6 nitrogen and oxygen atoms in total. The van der Waals surface area contributed by atoms with Crippen LogP contribution in [0, 0.1) is 0 Å². The van der Waals surface area contributed by atoms with Gasteiger partial charge in [0.25, 0.3) is 0 Å². The zero-order valence-electron chi connectivity index (χ0n) is 15.1. The normalized spacial score (nSPS) is 23.4. The van der Waals surface area contributed by atoms with Crippen molar-refractivity contribution in [2.24, 2.45) is 0 Å². The first-order valence-electron chi connectivity index (χ1n) is 9.20. The third-order valence-corrected chi connectivity index (χ3v) is 7.45. The van der Waals surface area contributed by atoms with Crippen LogP contribution in [0.1, 0.15) is 30.4 Å². The van der Waals surface area contributed by atoms with E-state index < -0.39 is 10.0 Å². The summed E-state index contributed by atoms with van der Waals surface area (Å²) in [5, 5.41) is 0. The Morgan fingerprint density at radius 3 is 2.48 bits per heavy atom. The van der Waals surface area contributed by atoms with Gasteiger partial charge in [-0.15, -0.1) is 0 Å². The van der Waals surface area contributed by atoms with Crippen molar-refractivity contribution in [1.82, 2.24) is 14.2 Å². The van der Waals surface area contributed by atoms with Crippen LogP contribution in [0.15, 0.2) is 54.9 Å². The summed E-state index contributed by atoms with van der Waals surface area (Å²) in [5.41, 5.74) is 1.42. The highest BCUT2D eigenvalue weighted by Crippen LogP contribution is 2.40. The molecule has 1 aromatic heterocycles. The molecule has 0 bridgehead atoms. The first-order chi connectivity index (χ1) is 13.0. The van der Waals surface area contributed by atoms with Crippen LogP contribution in [0.2, 0.25) is 0 Å². The van der Waals surface area contributed by atoms with Crippen molar-refractivity contribution in [1.29, 1.82) is 0 Å². The zero-order valence-corrected chi connectivity index (χ0v) is 15.9. The molecule has 0 radical (unpaired) electrons. The summed E-state index contributed by atoms with van der Waals surface area (Å²) in [6.07, 6.45) is 5.32. The molecular formula is C20H23N3O3S. The predicted octanol–water partition coefficient (Wildman–Crippen LogP) is 2.18. The molecule has 0 aliphatic carbocycles. The highest BCUT2D eigenvalue weighted by molar-refractivity contribution is 7.88. The van der Waals surface area contributed by atoms with E-state index in [1.807, 2.05) is 47.4 Å². The summed E-state index contributed by atoms with van der Waals surface area (Å²) < 4.78 is 27.4. The van der Waals surface area contributed by atoms with E-state index in [2.05, 4.69) is 4.98 Å². The molecular weight excluding hydrogens is 362 g/mol. The molecule has 2 aromatic rings. The highest BCUT2D eigenvalue weighted by Gasteiger charge is 2.51. The molecule has 2 saturated heterocycles. The summed E-state index contributed by atoms with van der Waals surface area (Å²) in [7, 11) is -3.40. The van der Waals surface area contributed by atoms with E-state index >= 15 is 0 Å². The summed E-state index contributed by atoms with van der Waals surface area (Å²) in [6.45, 7) is 1.36. The van der Waals surface area contributed by atoms with Crippen LogP contribution in [0.25, 0.3) is 0 Å². The lowest BCUT2D eigenvalue weighted by Gasteiger charge is -2.35. The Bertz CT molecular complexity index is 918. The van der Waals surface area contributed by atoms with E-state index in [0.717, 1.165) is 11.1 Å². The molecule has 1 aromatic carbocycles. The Balaban J connectivity index is 1.52. The van der Waals surface area contributed by atoms with Gasteiger partial charge < -0.3 is 4.90 Å². The Morgan fingerprint density at radius 2 is 1.74 bits per heavy atom. The largest absolute Gasteiger partial charge is 0.331 e. The monoisotopic (exact) mass is 385 g/mol. The molecule has 0 saturated carbocycles. The van der Waals surface area contributed by atoms with Crippen molar-refractivity contribution >= 4 is 15.9 Å². The third-order valence-electron chi connectivity index (χ3n) is 5.65. The third kappa shape index (κ3) is 3.61. The molecule has 142 valence electrons. The second kappa shape index (κ2) is 7.05. The fourth-order valence-electron chi connectivity index (χ4n) is 4.16. The van der Waals surface area contributed by atoms with Crippen molar-refractivity contribution in [3.63, 3.8) is 0 Å². The van der Waals surface area contributed by atoms with Gasteiger partial charge in [-0.25, -0.2) is 8.42 Å². The molecule has 2 aliphatic heterocycles. The van der Waals surface area contributed by atoms with E-state index in [1.165, 1.54) is 0 Å². The maximum Gasteiger partial charge on any atom is 0.223 e. The van der Waals surface area contributed by atoms with Crippen molar-refractivity contribution < 1.29 is 13.2 Å². The SMILES string of the molecule is O=C1CCC2(CCN(S(=O)(=O)Cc3ccccc3)C2)N1Cc1ccncc1. The van der Waals surface area contributed by atoms with Gasteiger partial charge in [0, 0.05) is 38.4 Å². The maximum absolute atomic E-state index is 12.9. The average Bonchev–Trinajstić information content (AvgIpc) is 3.24. The number of sulfonamides is 1. The number of carbonyl (C=O) groups excluding carboxylic acids is 1. The van der Waals surface area contributed by atoms with Crippen molar-refractivity contribution in [3.05, 3.63) is 66.0 Å². The summed E-state index contributed by atoms with van der Waals surface area (Å²) in [4.78, 5) is 18.4. The molecule has 4 rings (SSSR count). The first kappa shape index (κ1) is 18.1. The second-order valence-electron chi connectivity index (χ2n) is 7.39. The molecule has 2 aliphatic rings. The van der Waals surface area contributed by atoms with Crippen LogP contribution in [-0.4, -0.2) is 47.1 Å². The fraction of sp³-hybridized carbons (Fsp3) is 0.400. The van der Waals surface area contributed by atoms with E-state index in [1.54, 1.807) is 16.7 Å². The fourth-order valence-corrected chi connectivity index (χ4v) is 5.76. The topological polar surface area (TPSA) is 70.6 Å².